The summed E-state index contributed by atoms with van der Waals surface area (Å²) in [6.07, 6.45) is 0.788. The molecule has 1 aromatic heterocycles. The van der Waals surface area contributed by atoms with E-state index in [2.05, 4.69) is 5.32 Å². The Hall–Kier alpha value is -2.72. The van der Waals surface area contributed by atoms with Crippen LogP contribution in [-0.4, -0.2) is 31.2 Å². The molecule has 4 heteroatoms. The molecular weight excluding hydrogens is 312 g/mol. The van der Waals surface area contributed by atoms with Crippen molar-refractivity contribution in [2.24, 2.45) is 0 Å². The summed E-state index contributed by atoms with van der Waals surface area (Å²) in [5.74, 6) is -0.0775. The highest BCUT2D eigenvalue weighted by Crippen LogP contribution is 2.25. The number of ether oxygens (including phenoxy) is 1. The van der Waals surface area contributed by atoms with Gasteiger partial charge in [-0.1, -0.05) is 42.0 Å². The van der Waals surface area contributed by atoms with Crippen LogP contribution in [0.3, 0.4) is 0 Å². The molecule has 0 aliphatic rings. The predicted octanol–water partition coefficient (Wildman–Crippen LogP) is 3.98. The van der Waals surface area contributed by atoms with Crippen molar-refractivity contribution in [1.29, 1.82) is 0 Å². The summed E-state index contributed by atoms with van der Waals surface area (Å²) in [6, 6.07) is 17.8. The average Bonchev–Trinajstić information content (AvgIpc) is 2.65. The minimum Gasteiger partial charge on any atom is -0.385 e. The number of amides is 1. The number of nitrogens with one attached hydrogen (secondary N) is 1. The highest BCUT2D eigenvalue weighted by atomic mass is 16.5. The summed E-state index contributed by atoms with van der Waals surface area (Å²) in [4.78, 5) is 17.5. The molecule has 0 atom stereocenters. The maximum absolute atomic E-state index is 12.7. The molecular formula is C21H22N2O2. The fourth-order valence-electron chi connectivity index (χ4n) is 2.80. The minimum absolute atomic E-state index is 0.0775. The molecule has 1 heterocycles. The second-order valence-corrected chi connectivity index (χ2v) is 6.04. The number of nitrogens with zero attached hydrogens (tertiary/aromatic N) is 1. The molecule has 0 radical (unpaired) electrons. The smallest absolute Gasteiger partial charge is 0.252 e. The lowest BCUT2D eigenvalue weighted by atomic mass is 10.0. The van der Waals surface area contributed by atoms with E-state index in [9.17, 15) is 4.79 Å². The summed E-state index contributed by atoms with van der Waals surface area (Å²) >= 11 is 0. The van der Waals surface area contributed by atoms with Crippen LogP contribution >= 0.6 is 0 Å². The normalized spacial score (nSPS) is 10.8. The van der Waals surface area contributed by atoms with Gasteiger partial charge in [0.15, 0.2) is 0 Å². The SMILES string of the molecule is COCCCNC(=O)c1cc(-c2ccccc2)nc2ccc(C)cc12. The van der Waals surface area contributed by atoms with Crippen molar-refractivity contribution in [2.45, 2.75) is 13.3 Å². The zero-order valence-corrected chi connectivity index (χ0v) is 14.6. The third kappa shape index (κ3) is 4.03. The summed E-state index contributed by atoms with van der Waals surface area (Å²) in [6.45, 7) is 3.24. The monoisotopic (exact) mass is 334 g/mol. The first-order valence-corrected chi connectivity index (χ1v) is 8.43. The molecule has 1 N–H and O–H groups in total. The first-order chi connectivity index (χ1) is 12.2. The van der Waals surface area contributed by atoms with Crippen molar-refractivity contribution in [1.82, 2.24) is 10.3 Å². The van der Waals surface area contributed by atoms with Gasteiger partial charge in [0.2, 0.25) is 0 Å². The van der Waals surface area contributed by atoms with Crippen LogP contribution in [0.25, 0.3) is 22.2 Å². The van der Waals surface area contributed by atoms with Gasteiger partial charge in [-0.3, -0.25) is 4.79 Å². The van der Waals surface area contributed by atoms with Gasteiger partial charge in [-0.2, -0.15) is 0 Å². The number of carbonyl (C=O) groups excluding carboxylic acids is 1. The van der Waals surface area contributed by atoms with Crippen LogP contribution in [0.15, 0.2) is 54.6 Å². The van der Waals surface area contributed by atoms with Gasteiger partial charge in [0, 0.05) is 31.2 Å². The largest absolute Gasteiger partial charge is 0.385 e. The Morgan fingerprint density at radius 1 is 1.12 bits per heavy atom. The van der Waals surface area contributed by atoms with Crippen LogP contribution in [0, 0.1) is 6.92 Å². The van der Waals surface area contributed by atoms with Gasteiger partial charge in [0.1, 0.15) is 0 Å². The number of benzene rings is 2. The van der Waals surface area contributed by atoms with Crippen molar-refractivity contribution in [3.63, 3.8) is 0 Å². The van der Waals surface area contributed by atoms with Gasteiger partial charge in [-0.15, -0.1) is 0 Å². The standard InChI is InChI=1S/C21H22N2O2/c1-15-9-10-19-17(13-15)18(21(24)22-11-6-12-25-2)14-20(23-19)16-7-4-3-5-8-16/h3-5,7-10,13-14H,6,11-12H2,1-2H3,(H,22,24). The number of carbonyl (C=O) groups is 1. The summed E-state index contributed by atoms with van der Waals surface area (Å²) in [7, 11) is 1.66. The van der Waals surface area contributed by atoms with Crippen LogP contribution in [0.1, 0.15) is 22.3 Å². The lowest BCUT2D eigenvalue weighted by molar-refractivity contribution is 0.0950. The Bertz CT molecular complexity index is 876. The molecule has 0 saturated carbocycles. The van der Waals surface area contributed by atoms with Crippen molar-refractivity contribution in [3.05, 3.63) is 65.7 Å². The van der Waals surface area contributed by atoms with Crippen molar-refractivity contribution < 1.29 is 9.53 Å². The zero-order valence-electron chi connectivity index (χ0n) is 14.6. The number of fused-ring (bicyclic) bond motifs is 1. The quantitative estimate of drug-likeness (QED) is 0.694. The van der Waals surface area contributed by atoms with Crippen molar-refractivity contribution in [3.8, 4) is 11.3 Å². The number of methoxy groups -OCH3 is 1. The first-order valence-electron chi connectivity index (χ1n) is 8.43. The molecule has 0 aliphatic heterocycles. The maximum atomic E-state index is 12.7. The molecule has 3 aromatic rings. The highest BCUT2D eigenvalue weighted by molar-refractivity contribution is 6.07. The molecule has 2 aromatic carbocycles. The maximum Gasteiger partial charge on any atom is 0.252 e. The summed E-state index contributed by atoms with van der Waals surface area (Å²) in [5.41, 5.74) is 4.39. The fourth-order valence-corrected chi connectivity index (χ4v) is 2.80. The average molecular weight is 334 g/mol. The van der Waals surface area contributed by atoms with Gasteiger partial charge < -0.3 is 10.1 Å². The van der Waals surface area contributed by atoms with Crippen molar-refractivity contribution in [2.75, 3.05) is 20.3 Å². The Labute approximate surface area is 147 Å². The van der Waals surface area contributed by atoms with Gasteiger partial charge in [-0.25, -0.2) is 4.98 Å². The fraction of sp³-hybridized carbons (Fsp3) is 0.238. The van der Waals surface area contributed by atoms with E-state index in [0.29, 0.717) is 18.7 Å². The number of hydrogen-bond acceptors (Lipinski definition) is 3. The topological polar surface area (TPSA) is 51.2 Å². The predicted molar refractivity (Wildman–Crippen MR) is 101 cm³/mol. The Morgan fingerprint density at radius 2 is 1.92 bits per heavy atom. The van der Waals surface area contributed by atoms with Crippen LogP contribution in [-0.2, 0) is 4.74 Å². The van der Waals surface area contributed by atoms with E-state index < -0.39 is 0 Å². The van der Waals surface area contributed by atoms with E-state index in [0.717, 1.165) is 34.1 Å². The van der Waals surface area contributed by atoms with E-state index in [1.54, 1.807) is 7.11 Å². The van der Waals surface area contributed by atoms with E-state index in [-0.39, 0.29) is 5.91 Å². The number of aryl methyl sites for hydroxylation is 1. The molecule has 0 fully saturated rings. The first kappa shape index (κ1) is 17.1. The molecule has 0 aliphatic carbocycles. The molecule has 4 nitrogen and oxygen atoms in total. The van der Waals surface area contributed by atoms with E-state index in [1.165, 1.54) is 0 Å². The van der Waals surface area contributed by atoms with Crippen LogP contribution < -0.4 is 5.32 Å². The van der Waals surface area contributed by atoms with Crippen LogP contribution in [0.2, 0.25) is 0 Å². The third-order valence-electron chi connectivity index (χ3n) is 4.09. The summed E-state index contributed by atoms with van der Waals surface area (Å²) < 4.78 is 5.03. The molecule has 0 spiro atoms. The van der Waals surface area contributed by atoms with Gasteiger partial charge >= 0.3 is 0 Å². The minimum atomic E-state index is -0.0775. The van der Waals surface area contributed by atoms with Crippen LogP contribution in [0.4, 0.5) is 0 Å². The summed E-state index contributed by atoms with van der Waals surface area (Å²) in [5, 5.41) is 3.86. The number of aromatic nitrogens is 1. The second kappa shape index (κ2) is 7.90. The van der Waals surface area contributed by atoms with E-state index in [4.69, 9.17) is 9.72 Å². The molecule has 3 rings (SSSR count). The molecule has 25 heavy (non-hydrogen) atoms. The molecule has 128 valence electrons. The molecule has 1 amide bonds. The number of rotatable bonds is 6. The van der Waals surface area contributed by atoms with Gasteiger partial charge in [-0.05, 0) is 31.5 Å². The number of hydrogen-bond donors (Lipinski definition) is 1. The third-order valence-corrected chi connectivity index (χ3v) is 4.09. The Kier molecular flexibility index (Phi) is 5.41. The second-order valence-electron chi connectivity index (χ2n) is 6.04. The van der Waals surface area contributed by atoms with E-state index in [1.807, 2.05) is 61.5 Å². The molecule has 0 unspecified atom stereocenters. The number of pyridine rings is 1. The molecule has 0 saturated heterocycles. The van der Waals surface area contributed by atoms with E-state index >= 15 is 0 Å². The van der Waals surface area contributed by atoms with Crippen molar-refractivity contribution >= 4 is 16.8 Å². The van der Waals surface area contributed by atoms with Gasteiger partial charge in [0.05, 0.1) is 16.8 Å². The Balaban J connectivity index is 2.01. The molecule has 0 bridgehead atoms. The zero-order chi connectivity index (χ0) is 17.6. The Morgan fingerprint density at radius 3 is 2.68 bits per heavy atom. The van der Waals surface area contributed by atoms with Gasteiger partial charge in [0.25, 0.3) is 5.91 Å². The highest BCUT2D eigenvalue weighted by Gasteiger charge is 2.14. The van der Waals surface area contributed by atoms with Crippen LogP contribution in [0.5, 0.6) is 0 Å². The lowest BCUT2D eigenvalue weighted by Crippen LogP contribution is -2.25. The lowest BCUT2D eigenvalue weighted by Gasteiger charge is -2.11.